The number of ketones is 1. The van der Waals surface area contributed by atoms with Gasteiger partial charge in [-0.3, -0.25) is 4.79 Å². The van der Waals surface area contributed by atoms with Crippen molar-refractivity contribution in [3.8, 4) is 28.0 Å². The number of alkyl halides is 3. The third-order valence-electron chi connectivity index (χ3n) is 7.15. The molecule has 0 radical (unpaired) electrons. The van der Waals surface area contributed by atoms with Crippen molar-refractivity contribution in [2.24, 2.45) is 0 Å². The Morgan fingerprint density at radius 2 is 1.62 bits per heavy atom. The van der Waals surface area contributed by atoms with Crippen molar-refractivity contribution in [3.05, 3.63) is 113 Å². The molecule has 0 unspecified atom stereocenters. The first-order valence-electron chi connectivity index (χ1n) is 13.4. The van der Waals surface area contributed by atoms with Gasteiger partial charge in [-0.2, -0.15) is 13.2 Å². The summed E-state index contributed by atoms with van der Waals surface area (Å²) in [4.78, 5) is 28.7. The van der Waals surface area contributed by atoms with Crippen LogP contribution in [0.3, 0.4) is 0 Å². The van der Waals surface area contributed by atoms with E-state index in [2.05, 4.69) is 4.98 Å². The Bertz CT molecular complexity index is 1790. The van der Waals surface area contributed by atoms with Gasteiger partial charge in [0.2, 0.25) is 0 Å². The summed E-state index contributed by atoms with van der Waals surface area (Å²) in [5.41, 5.74) is 4.42. The minimum atomic E-state index is -4.50. The lowest BCUT2D eigenvalue weighted by Crippen LogP contribution is -2.07. The number of Topliss-reactive ketones (excluding diaryl/α,β-unsaturated/α-hetero) is 1. The van der Waals surface area contributed by atoms with Crippen molar-refractivity contribution in [3.63, 3.8) is 0 Å². The molecular formula is C34H28F3NO4. The first kappa shape index (κ1) is 28.7. The summed E-state index contributed by atoms with van der Waals surface area (Å²) in [7, 11) is 1.57. The molecule has 0 atom stereocenters. The molecule has 0 saturated carbocycles. The average Bonchev–Trinajstić information content (AvgIpc) is 3.38. The molecule has 0 aliphatic carbocycles. The number of fused-ring (bicyclic) bond motifs is 1. The molecule has 5 nitrogen and oxygen atoms in total. The van der Waals surface area contributed by atoms with Gasteiger partial charge in [-0.05, 0) is 78.4 Å². The highest BCUT2D eigenvalue weighted by atomic mass is 19.4. The maximum atomic E-state index is 13.6. The molecule has 0 aliphatic rings. The fourth-order valence-electron chi connectivity index (χ4n) is 5.18. The van der Waals surface area contributed by atoms with Gasteiger partial charge in [0, 0.05) is 22.0 Å². The molecule has 1 N–H and O–H groups in total. The number of aromatic amines is 1. The lowest BCUT2D eigenvalue weighted by molar-refractivity contribution is -0.137. The number of carbonyl (C=O) groups is 2. The van der Waals surface area contributed by atoms with Crippen molar-refractivity contribution < 1.29 is 32.2 Å². The fraction of sp³-hybridized carbons (Fsp3) is 0.176. The number of esters is 1. The molecule has 5 aromatic rings. The number of rotatable bonds is 8. The zero-order chi connectivity index (χ0) is 30.0. The number of benzene rings is 4. The van der Waals surface area contributed by atoms with E-state index in [0.717, 1.165) is 23.3 Å². The molecule has 1 heterocycles. The van der Waals surface area contributed by atoms with Crippen LogP contribution in [0, 0.1) is 0 Å². The quantitative estimate of drug-likeness (QED) is 0.150. The zero-order valence-corrected chi connectivity index (χ0v) is 23.3. The van der Waals surface area contributed by atoms with Gasteiger partial charge in [0.15, 0.2) is 5.78 Å². The van der Waals surface area contributed by atoms with E-state index in [1.807, 2.05) is 36.4 Å². The van der Waals surface area contributed by atoms with Gasteiger partial charge < -0.3 is 14.5 Å². The second-order valence-corrected chi connectivity index (χ2v) is 9.85. The largest absolute Gasteiger partial charge is 0.497 e. The van der Waals surface area contributed by atoms with E-state index in [0.29, 0.717) is 44.5 Å². The number of hydrogen-bond donors (Lipinski definition) is 1. The van der Waals surface area contributed by atoms with Crippen LogP contribution in [0.15, 0.2) is 84.9 Å². The number of halogens is 3. The molecule has 4 aromatic carbocycles. The molecule has 0 amide bonds. The molecule has 42 heavy (non-hydrogen) atoms. The monoisotopic (exact) mass is 571 g/mol. The molecule has 0 saturated heterocycles. The average molecular weight is 572 g/mol. The lowest BCUT2D eigenvalue weighted by atomic mass is 9.88. The lowest BCUT2D eigenvalue weighted by Gasteiger charge is -2.16. The number of carbonyl (C=O) groups excluding carboxylic acids is 2. The molecule has 0 bridgehead atoms. The molecule has 8 heteroatoms. The number of nitrogens with one attached hydrogen (secondary N) is 1. The third-order valence-corrected chi connectivity index (χ3v) is 7.15. The van der Waals surface area contributed by atoms with E-state index in [4.69, 9.17) is 9.47 Å². The van der Waals surface area contributed by atoms with Gasteiger partial charge in [0.1, 0.15) is 11.4 Å². The molecule has 0 fully saturated rings. The minimum absolute atomic E-state index is 0.141. The standard InChI is InChI=1S/C34H28F3NO4/c1-4-42-33(40)32-30(24-9-6-8-23(19-24)20(2)39)31-28(18-21-7-5-10-25(17-21)34(35,36)37)27(15-16-29(31)38-32)22-11-13-26(41-3)14-12-22/h5-17,19,38H,4,18H2,1-3H3. The topological polar surface area (TPSA) is 68.4 Å². The summed E-state index contributed by atoms with van der Waals surface area (Å²) < 4.78 is 51.6. The summed E-state index contributed by atoms with van der Waals surface area (Å²) in [6, 6.07) is 23.3. The summed E-state index contributed by atoms with van der Waals surface area (Å²) >= 11 is 0. The van der Waals surface area contributed by atoms with Gasteiger partial charge >= 0.3 is 12.1 Å². The number of aromatic nitrogens is 1. The maximum absolute atomic E-state index is 13.6. The first-order chi connectivity index (χ1) is 20.1. The fourth-order valence-corrected chi connectivity index (χ4v) is 5.18. The normalized spacial score (nSPS) is 11.5. The van der Waals surface area contributed by atoms with Crippen LogP contribution >= 0.6 is 0 Å². The smallest absolute Gasteiger partial charge is 0.416 e. The van der Waals surface area contributed by atoms with Crippen LogP contribution in [0.5, 0.6) is 5.75 Å². The van der Waals surface area contributed by atoms with Crippen LogP contribution < -0.4 is 4.74 Å². The highest BCUT2D eigenvalue weighted by Gasteiger charge is 2.31. The number of H-pyrrole nitrogens is 1. The number of hydrogen-bond acceptors (Lipinski definition) is 4. The minimum Gasteiger partial charge on any atom is -0.497 e. The van der Waals surface area contributed by atoms with Gasteiger partial charge in [0.05, 0.1) is 19.3 Å². The summed E-state index contributed by atoms with van der Waals surface area (Å²) in [6.07, 6.45) is -4.35. The predicted molar refractivity (Wildman–Crippen MR) is 156 cm³/mol. The Morgan fingerprint density at radius 3 is 2.29 bits per heavy atom. The van der Waals surface area contributed by atoms with E-state index in [1.54, 1.807) is 44.4 Å². The van der Waals surface area contributed by atoms with Crippen molar-refractivity contribution in [1.29, 1.82) is 0 Å². The molecular weight excluding hydrogens is 543 g/mol. The number of ether oxygens (including phenoxy) is 2. The SMILES string of the molecule is CCOC(=O)c1[nH]c2ccc(-c3ccc(OC)cc3)c(Cc3cccc(C(F)(F)F)c3)c2c1-c1cccc(C(C)=O)c1. The third kappa shape index (κ3) is 5.65. The molecule has 214 valence electrons. The maximum Gasteiger partial charge on any atom is 0.416 e. The molecule has 5 rings (SSSR count). The van der Waals surface area contributed by atoms with E-state index < -0.39 is 17.7 Å². The van der Waals surface area contributed by atoms with Crippen LogP contribution in [0.1, 0.15) is 51.4 Å². The van der Waals surface area contributed by atoms with E-state index >= 15 is 0 Å². The van der Waals surface area contributed by atoms with Gasteiger partial charge in [-0.15, -0.1) is 0 Å². The Balaban J connectivity index is 1.84. The van der Waals surface area contributed by atoms with Crippen LogP contribution in [-0.2, 0) is 17.3 Å². The van der Waals surface area contributed by atoms with Crippen LogP contribution in [0.25, 0.3) is 33.2 Å². The van der Waals surface area contributed by atoms with E-state index in [9.17, 15) is 22.8 Å². The van der Waals surface area contributed by atoms with Crippen LogP contribution in [-0.4, -0.2) is 30.5 Å². The Morgan fingerprint density at radius 1 is 0.881 bits per heavy atom. The van der Waals surface area contributed by atoms with Crippen LogP contribution in [0.4, 0.5) is 13.2 Å². The Hall–Kier alpha value is -4.85. The number of methoxy groups -OCH3 is 1. The van der Waals surface area contributed by atoms with Crippen molar-refractivity contribution in [1.82, 2.24) is 4.98 Å². The Labute approximate surface area is 240 Å². The highest BCUT2D eigenvalue weighted by molar-refractivity contribution is 6.11. The van der Waals surface area contributed by atoms with Crippen LogP contribution in [0.2, 0.25) is 0 Å². The Kier molecular flexibility index (Phi) is 7.89. The summed E-state index contributed by atoms with van der Waals surface area (Å²) in [6.45, 7) is 3.31. The van der Waals surface area contributed by atoms with E-state index in [-0.39, 0.29) is 24.5 Å². The highest BCUT2D eigenvalue weighted by Crippen LogP contribution is 2.41. The van der Waals surface area contributed by atoms with Crippen molar-refractivity contribution in [2.45, 2.75) is 26.4 Å². The summed E-state index contributed by atoms with van der Waals surface area (Å²) in [5, 5.41) is 0.657. The molecule has 0 spiro atoms. The predicted octanol–water partition coefficient (Wildman–Crippen LogP) is 8.50. The molecule has 1 aromatic heterocycles. The van der Waals surface area contributed by atoms with Gasteiger partial charge in [-0.25, -0.2) is 4.79 Å². The van der Waals surface area contributed by atoms with Crippen molar-refractivity contribution in [2.75, 3.05) is 13.7 Å². The molecule has 0 aliphatic heterocycles. The second-order valence-electron chi connectivity index (χ2n) is 9.85. The van der Waals surface area contributed by atoms with Crippen molar-refractivity contribution >= 4 is 22.7 Å². The van der Waals surface area contributed by atoms with E-state index in [1.165, 1.54) is 13.0 Å². The zero-order valence-electron chi connectivity index (χ0n) is 23.3. The second kappa shape index (κ2) is 11.6. The summed E-state index contributed by atoms with van der Waals surface area (Å²) in [5.74, 6) is -0.0577. The first-order valence-corrected chi connectivity index (χ1v) is 13.4. The van der Waals surface area contributed by atoms with Gasteiger partial charge in [0.25, 0.3) is 0 Å². The van der Waals surface area contributed by atoms with Gasteiger partial charge in [-0.1, -0.05) is 54.6 Å².